The lowest BCUT2D eigenvalue weighted by Gasteiger charge is -2.38. The number of carbonyl (C=O) groups excluding carboxylic acids is 3. The molecule has 0 unspecified atom stereocenters. The maximum Gasteiger partial charge on any atom is 0.416 e. The van der Waals surface area contributed by atoms with Crippen molar-refractivity contribution in [2.75, 3.05) is 32.4 Å². The van der Waals surface area contributed by atoms with Gasteiger partial charge in [0.05, 0.1) is 16.2 Å². The molecule has 0 aliphatic carbocycles. The molecule has 1 aliphatic rings. The third-order valence-corrected chi connectivity index (χ3v) is 9.93. The molecule has 1 atom stereocenters. The van der Waals surface area contributed by atoms with Gasteiger partial charge in [0.25, 0.3) is 5.91 Å². The summed E-state index contributed by atoms with van der Waals surface area (Å²) in [5.74, 6) is -1.47. The Bertz CT molecular complexity index is 1600. The fraction of sp³-hybridized carbons (Fsp3) is 0.516. The van der Waals surface area contributed by atoms with Gasteiger partial charge in [-0.1, -0.05) is 30.1 Å². The first-order valence-electron chi connectivity index (χ1n) is 14.9. The zero-order valence-corrected chi connectivity index (χ0v) is 29.1. The SMILES string of the molecule is CCS(=O)(=O)c1ccc(Cl)cc1CNC(=O)c1cc(Cl)c(CN2CCC[C@H](N(C)C(=O)CNC(=O)OC(C)(C)C)C2)c(C(F)(F)F)c1. The number of benzene rings is 2. The predicted molar refractivity (Wildman–Crippen MR) is 172 cm³/mol. The van der Waals surface area contributed by atoms with E-state index in [4.69, 9.17) is 27.9 Å². The third kappa shape index (κ3) is 10.7. The normalized spacial score (nSPS) is 16.0. The highest BCUT2D eigenvalue weighted by atomic mass is 35.5. The van der Waals surface area contributed by atoms with Crippen molar-refractivity contribution in [1.29, 1.82) is 0 Å². The van der Waals surface area contributed by atoms with E-state index in [1.165, 1.54) is 30.0 Å². The lowest BCUT2D eigenvalue weighted by atomic mass is 9.99. The van der Waals surface area contributed by atoms with Crippen molar-refractivity contribution in [3.8, 4) is 0 Å². The van der Waals surface area contributed by atoms with E-state index in [1.807, 2.05) is 0 Å². The number of nitrogens with one attached hydrogen (secondary N) is 2. The second kappa shape index (κ2) is 15.4. The van der Waals surface area contributed by atoms with Gasteiger partial charge in [-0.05, 0) is 81.6 Å². The molecule has 16 heteroatoms. The average Bonchev–Trinajstić information content (AvgIpc) is 2.97. The number of ether oxygens (including phenoxy) is 1. The van der Waals surface area contributed by atoms with Gasteiger partial charge in [-0.15, -0.1) is 0 Å². The van der Waals surface area contributed by atoms with Crippen LogP contribution in [0, 0.1) is 0 Å². The molecule has 1 saturated heterocycles. The summed E-state index contributed by atoms with van der Waals surface area (Å²) in [6, 6.07) is 5.61. The van der Waals surface area contributed by atoms with E-state index >= 15 is 0 Å². The maximum atomic E-state index is 14.3. The molecule has 1 heterocycles. The molecular weight excluding hydrogens is 684 g/mol. The zero-order chi connectivity index (χ0) is 35.3. The molecular formula is C31H39Cl2F3N4O6S. The van der Waals surface area contributed by atoms with Crippen molar-refractivity contribution in [3.05, 3.63) is 62.6 Å². The second-order valence-corrected chi connectivity index (χ2v) is 15.3. The van der Waals surface area contributed by atoms with Crippen LogP contribution >= 0.6 is 23.2 Å². The van der Waals surface area contributed by atoms with Crippen LogP contribution in [0.3, 0.4) is 0 Å². The first-order valence-corrected chi connectivity index (χ1v) is 17.3. The number of hydrogen-bond donors (Lipinski definition) is 2. The van der Waals surface area contributed by atoms with E-state index in [-0.39, 0.29) is 75.5 Å². The number of amides is 3. The Kier molecular flexibility index (Phi) is 12.6. The number of likely N-dealkylation sites (N-methyl/N-ethyl adjacent to an activating group) is 1. The molecule has 2 aromatic rings. The number of piperidine rings is 1. The largest absolute Gasteiger partial charge is 0.444 e. The van der Waals surface area contributed by atoms with Crippen LogP contribution in [0.2, 0.25) is 10.0 Å². The van der Waals surface area contributed by atoms with Crippen molar-refractivity contribution < 1.29 is 40.7 Å². The number of rotatable bonds is 10. The van der Waals surface area contributed by atoms with Gasteiger partial charge < -0.3 is 20.3 Å². The minimum absolute atomic E-state index is 0.0412. The lowest BCUT2D eigenvalue weighted by molar-refractivity contribution is -0.138. The van der Waals surface area contributed by atoms with Crippen LogP contribution in [0.4, 0.5) is 18.0 Å². The summed E-state index contributed by atoms with van der Waals surface area (Å²) >= 11 is 12.4. The average molecular weight is 724 g/mol. The number of sulfone groups is 1. The minimum Gasteiger partial charge on any atom is -0.444 e. The molecule has 0 aromatic heterocycles. The Morgan fingerprint density at radius 2 is 1.77 bits per heavy atom. The van der Waals surface area contributed by atoms with Gasteiger partial charge in [0.15, 0.2) is 9.84 Å². The van der Waals surface area contributed by atoms with Gasteiger partial charge in [-0.2, -0.15) is 13.2 Å². The van der Waals surface area contributed by atoms with Gasteiger partial charge in [-0.25, -0.2) is 13.2 Å². The monoisotopic (exact) mass is 722 g/mol. The number of alkyl carbamates (subject to hydrolysis) is 1. The van der Waals surface area contributed by atoms with E-state index in [1.54, 1.807) is 32.7 Å². The molecule has 0 saturated carbocycles. The maximum absolute atomic E-state index is 14.3. The Morgan fingerprint density at radius 1 is 1.09 bits per heavy atom. The molecule has 0 radical (unpaired) electrons. The van der Waals surface area contributed by atoms with Crippen molar-refractivity contribution in [2.24, 2.45) is 0 Å². The molecule has 2 N–H and O–H groups in total. The van der Waals surface area contributed by atoms with Crippen LogP contribution in [0.25, 0.3) is 0 Å². The van der Waals surface area contributed by atoms with Gasteiger partial charge in [0.1, 0.15) is 12.1 Å². The number of halogens is 5. The molecule has 0 spiro atoms. The zero-order valence-electron chi connectivity index (χ0n) is 26.8. The number of likely N-dealkylation sites (tertiary alicyclic amines) is 1. The highest BCUT2D eigenvalue weighted by Crippen LogP contribution is 2.37. The van der Waals surface area contributed by atoms with Crippen LogP contribution in [-0.2, 0) is 38.6 Å². The summed E-state index contributed by atoms with van der Waals surface area (Å²) in [5.41, 5.74) is -2.20. The molecule has 1 aliphatic heterocycles. The number of carbonyl (C=O) groups is 3. The molecule has 3 rings (SSSR count). The van der Waals surface area contributed by atoms with Crippen LogP contribution in [0.15, 0.2) is 35.2 Å². The van der Waals surface area contributed by atoms with E-state index in [9.17, 15) is 36.0 Å². The molecule has 3 amide bonds. The quantitative estimate of drug-likeness (QED) is 0.323. The molecule has 1 fully saturated rings. The smallest absolute Gasteiger partial charge is 0.416 e. The summed E-state index contributed by atoms with van der Waals surface area (Å²) < 4.78 is 73.1. The minimum atomic E-state index is -4.85. The topological polar surface area (TPSA) is 125 Å². The van der Waals surface area contributed by atoms with Crippen LogP contribution in [0.1, 0.15) is 67.6 Å². The summed E-state index contributed by atoms with van der Waals surface area (Å²) in [5, 5.41) is 4.85. The predicted octanol–water partition coefficient (Wildman–Crippen LogP) is 5.68. The van der Waals surface area contributed by atoms with Gasteiger partial charge in [-0.3, -0.25) is 14.5 Å². The number of alkyl halides is 3. The van der Waals surface area contributed by atoms with Crippen LogP contribution < -0.4 is 10.6 Å². The first kappa shape index (κ1) is 38.4. The highest BCUT2D eigenvalue weighted by molar-refractivity contribution is 7.91. The Morgan fingerprint density at radius 3 is 2.38 bits per heavy atom. The van der Waals surface area contributed by atoms with Crippen molar-refractivity contribution >= 4 is 50.9 Å². The van der Waals surface area contributed by atoms with Gasteiger partial charge in [0, 0.05) is 48.3 Å². The summed E-state index contributed by atoms with van der Waals surface area (Å²) in [4.78, 5) is 40.9. The van der Waals surface area contributed by atoms with Crippen molar-refractivity contribution in [3.63, 3.8) is 0 Å². The number of hydrogen-bond acceptors (Lipinski definition) is 7. The van der Waals surface area contributed by atoms with Crippen molar-refractivity contribution in [1.82, 2.24) is 20.4 Å². The fourth-order valence-corrected chi connectivity index (χ4v) is 6.70. The van der Waals surface area contributed by atoms with E-state index < -0.39 is 39.2 Å². The Labute approximate surface area is 282 Å². The summed E-state index contributed by atoms with van der Waals surface area (Å²) in [7, 11) is -2.10. The second-order valence-electron chi connectivity index (χ2n) is 12.2. The standard InChI is InChI=1S/C31H39Cl2F3N4O6S/c1-6-47(44,45)26-10-9-21(32)12-20(26)15-37-28(42)19-13-24(31(34,35)36)23(25(33)14-19)18-40-11-7-8-22(17-40)39(5)27(41)16-38-29(43)46-30(2,3)4/h9-10,12-14,22H,6-8,11,15-18H2,1-5H3,(H,37,42)(H,38,43)/t22-/m0/s1. The highest BCUT2D eigenvalue weighted by Gasteiger charge is 2.37. The molecule has 0 bridgehead atoms. The van der Waals surface area contributed by atoms with Crippen LogP contribution in [-0.4, -0.2) is 80.2 Å². The third-order valence-electron chi connectivity index (χ3n) is 7.53. The van der Waals surface area contributed by atoms with Crippen molar-refractivity contribution in [2.45, 2.75) is 76.3 Å². The van der Waals surface area contributed by atoms with E-state index in [2.05, 4.69) is 10.6 Å². The van der Waals surface area contributed by atoms with E-state index in [0.29, 0.717) is 19.4 Å². The molecule has 2 aromatic carbocycles. The lowest BCUT2D eigenvalue weighted by Crippen LogP contribution is -2.50. The Hall–Kier alpha value is -3.07. The molecule has 260 valence electrons. The molecule has 47 heavy (non-hydrogen) atoms. The summed E-state index contributed by atoms with van der Waals surface area (Å²) in [6.07, 6.45) is -4.38. The van der Waals surface area contributed by atoms with E-state index in [0.717, 1.165) is 12.1 Å². The van der Waals surface area contributed by atoms with Gasteiger partial charge in [0.2, 0.25) is 5.91 Å². The first-order chi connectivity index (χ1) is 21.7. The number of nitrogens with zero attached hydrogens (tertiary/aromatic N) is 2. The fourth-order valence-electron chi connectivity index (χ4n) is 5.11. The van der Waals surface area contributed by atoms with Gasteiger partial charge >= 0.3 is 12.3 Å². The Balaban J connectivity index is 1.75. The van der Waals surface area contributed by atoms with Crippen LogP contribution in [0.5, 0.6) is 0 Å². The molecule has 10 nitrogen and oxygen atoms in total. The summed E-state index contributed by atoms with van der Waals surface area (Å²) in [6.45, 7) is 6.45.